The molecular formula is C21H23ClFNO3SSi. The number of carboxylic acids is 1. The van der Waals surface area contributed by atoms with E-state index in [1.165, 1.54) is 23.9 Å². The van der Waals surface area contributed by atoms with Gasteiger partial charge in [0.05, 0.1) is 5.52 Å². The van der Waals surface area contributed by atoms with Crippen LogP contribution in [-0.2, 0) is 11.5 Å². The quantitative estimate of drug-likeness (QED) is 0.310. The molecule has 3 aromatic rings. The highest BCUT2D eigenvalue weighted by Crippen LogP contribution is 2.37. The van der Waals surface area contributed by atoms with E-state index in [9.17, 15) is 14.3 Å². The summed E-state index contributed by atoms with van der Waals surface area (Å²) in [5.74, 6) is -1.33. The van der Waals surface area contributed by atoms with E-state index in [-0.39, 0.29) is 18.2 Å². The molecule has 0 fully saturated rings. The van der Waals surface area contributed by atoms with Gasteiger partial charge >= 0.3 is 5.97 Å². The lowest BCUT2D eigenvalue weighted by Gasteiger charge is -2.16. The average molecular weight is 452 g/mol. The van der Waals surface area contributed by atoms with E-state index in [0.29, 0.717) is 17.1 Å². The fourth-order valence-electron chi connectivity index (χ4n) is 2.86. The number of hydrogen-bond donors (Lipinski definition) is 1. The van der Waals surface area contributed by atoms with Gasteiger partial charge in [-0.2, -0.15) is 0 Å². The number of nitrogens with zero attached hydrogens (tertiary/aromatic N) is 1. The predicted molar refractivity (Wildman–Crippen MR) is 119 cm³/mol. The van der Waals surface area contributed by atoms with Crippen molar-refractivity contribution in [1.29, 1.82) is 0 Å². The molecular weight excluding hydrogens is 429 g/mol. The summed E-state index contributed by atoms with van der Waals surface area (Å²) in [6.07, 6.45) is 0. The van der Waals surface area contributed by atoms with Gasteiger partial charge in [0.15, 0.2) is 0 Å². The molecule has 0 atom stereocenters. The summed E-state index contributed by atoms with van der Waals surface area (Å²) in [7, 11) is -1.24. The van der Waals surface area contributed by atoms with Crippen LogP contribution >= 0.6 is 23.4 Å². The minimum absolute atomic E-state index is 0.149. The number of rotatable bonds is 8. The number of carboxylic acid groups (broad SMARTS) is 1. The molecule has 0 spiro atoms. The van der Waals surface area contributed by atoms with Gasteiger partial charge in [0.1, 0.15) is 18.2 Å². The standard InChI is InChI=1S/C21H23ClFNO3SSi/c1-29(2,3)9-8-27-13-24-18-10-14(22)11-20(17(18)12-19(24)21(25)26)28-16-6-4-15(23)5-7-16/h4-7,10-12H,8-9,13H2,1-3H3,(H,25,26). The lowest BCUT2D eigenvalue weighted by Crippen LogP contribution is -2.22. The van der Waals surface area contributed by atoms with Crippen LogP contribution in [0.2, 0.25) is 30.7 Å². The summed E-state index contributed by atoms with van der Waals surface area (Å²) in [6.45, 7) is 7.54. The van der Waals surface area contributed by atoms with Crippen LogP contribution < -0.4 is 0 Å². The van der Waals surface area contributed by atoms with Crippen molar-refractivity contribution in [2.75, 3.05) is 6.61 Å². The molecule has 0 aliphatic rings. The fraction of sp³-hybridized carbons (Fsp3) is 0.286. The van der Waals surface area contributed by atoms with Crippen LogP contribution in [0.5, 0.6) is 0 Å². The largest absolute Gasteiger partial charge is 0.477 e. The zero-order chi connectivity index (χ0) is 21.2. The topological polar surface area (TPSA) is 51.5 Å². The molecule has 154 valence electrons. The summed E-state index contributed by atoms with van der Waals surface area (Å²) in [5, 5.41) is 11.0. The van der Waals surface area contributed by atoms with E-state index < -0.39 is 14.0 Å². The van der Waals surface area contributed by atoms with Gasteiger partial charge < -0.3 is 14.4 Å². The van der Waals surface area contributed by atoms with Crippen molar-refractivity contribution >= 4 is 48.3 Å². The first kappa shape index (κ1) is 21.9. The number of halogens is 2. The van der Waals surface area contributed by atoms with Crippen LogP contribution in [-0.4, -0.2) is 30.3 Å². The van der Waals surface area contributed by atoms with Crippen molar-refractivity contribution < 1.29 is 19.0 Å². The average Bonchev–Trinajstić information content (AvgIpc) is 2.99. The van der Waals surface area contributed by atoms with Crippen molar-refractivity contribution in [1.82, 2.24) is 4.57 Å². The van der Waals surface area contributed by atoms with Gasteiger partial charge in [-0.25, -0.2) is 9.18 Å². The van der Waals surface area contributed by atoms with Gasteiger partial charge in [0, 0.05) is 34.9 Å². The van der Waals surface area contributed by atoms with E-state index >= 15 is 0 Å². The molecule has 2 aromatic carbocycles. The summed E-state index contributed by atoms with van der Waals surface area (Å²) in [4.78, 5) is 13.5. The molecule has 0 aliphatic carbocycles. The van der Waals surface area contributed by atoms with Crippen molar-refractivity contribution in [3.63, 3.8) is 0 Å². The van der Waals surface area contributed by atoms with Gasteiger partial charge in [0.25, 0.3) is 0 Å². The Kier molecular flexibility index (Phi) is 6.73. The van der Waals surface area contributed by atoms with Crippen LogP contribution in [0.15, 0.2) is 52.3 Å². The van der Waals surface area contributed by atoms with Crippen molar-refractivity contribution in [2.24, 2.45) is 0 Å². The van der Waals surface area contributed by atoms with Gasteiger partial charge in [-0.15, -0.1) is 0 Å². The van der Waals surface area contributed by atoms with E-state index in [2.05, 4.69) is 19.6 Å². The Hall–Kier alpha value is -1.80. The predicted octanol–water partition coefficient (Wildman–Crippen LogP) is 6.60. The molecule has 1 N–H and O–H groups in total. The maximum Gasteiger partial charge on any atom is 0.352 e. The SMILES string of the molecule is C[Si](C)(C)CCOCn1c(C(=O)O)cc2c(Sc3ccc(F)cc3)cc(Cl)cc21. The monoisotopic (exact) mass is 451 g/mol. The highest BCUT2D eigenvalue weighted by atomic mass is 35.5. The Morgan fingerprint density at radius 3 is 2.52 bits per heavy atom. The second-order valence-corrected chi connectivity index (χ2v) is 15.2. The molecule has 1 aromatic heterocycles. The lowest BCUT2D eigenvalue weighted by atomic mass is 10.2. The Labute approximate surface area is 179 Å². The summed E-state index contributed by atoms with van der Waals surface area (Å²) < 4.78 is 20.6. The molecule has 0 bridgehead atoms. The summed E-state index contributed by atoms with van der Waals surface area (Å²) in [5.41, 5.74) is 0.851. The van der Waals surface area contributed by atoms with Gasteiger partial charge in [-0.3, -0.25) is 0 Å². The number of ether oxygens (including phenoxy) is 1. The first-order chi connectivity index (χ1) is 13.6. The molecule has 4 nitrogen and oxygen atoms in total. The van der Waals surface area contributed by atoms with E-state index in [1.807, 2.05) is 0 Å². The molecule has 0 saturated carbocycles. The molecule has 0 unspecified atom stereocenters. The zero-order valence-corrected chi connectivity index (χ0v) is 19.1. The highest BCUT2D eigenvalue weighted by molar-refractivity contribution is 7.99. The lowest BCUT2D eigenvalue weighted by molar-refractivity contribution is 0.0630. The second kappa shape index (κ2) is 8.91. The van der Waals surface area contributed by atoms with Crippen LogP contribution in [0.1, 0.15) is 10.5 Å². The van der Waals surface area contributed by atoms with Crippen LogP contribution in [0, 0.1) is 5.82 Å². The Morgan fingerprint density at radius 1 is 1.21 bits per heavy atom. The number of fused-ring (bicyclic) bond motifs is 1. The van der Waals surface area contributed by atoms with Gasteiger partial charge in [-0.05, 0) is 48.5 Å². The highest BCUT2D eigenvalue weighted by Gasteiger charge is 2.19. The zero-order valence-electron chi connectivity index (χ0n) is 16.5. The van der Waals surface area contributed by atoms with E-state index in [0.717, 1.165) is 21.2 Å². The van der Waals surface area contributed by atoms with Crippen LogP contribution in [0.4, 0.5) is 4.39 Å². The smallest absolute Gasteiger partial charge is 0.352 e. The van der Waals surface area contributed by atoms with E-state index in [1.54, 1.807) is 34.9 Å². The Morgan fingerprint density at radius 2 is 1.90 bits per heavy atom. The fourth-order valence-corrected chi connectivity index (χ4v) is 4.88. The molecule has 0 saturated heterocycles. The van der Waals surface area contributed by atoms with Gasteiger partial charge in [-0.1, -0.05) is 43.0 Å². The number of hydrogen-bond acceptors (Lipinski definition) is 3. The first-order valence-corrected chi connectivity index (χ1v) is 14.1. The Balaban J connectivity index is 1.95. The first-order valence-electron chi connectivity index (χ1n) is 9.21. The maximum atomic E-state index is 13.2. The molecule has 0 aliphatic heterocycles. The Bertz CT molecular complexity index is 1030. The molecule has 0 amide bonds. The van der Waals surface area contributed by atoms with E-state index in [4.69, 9.17) is 16.3 Å². The third-order valence-electron chi connectivity index (χ3n) is 4.42. The molecule has 0 radical (unpaired) electrons. The minimum atomic E-state index is -1.24. The number of benzene rings is 2. The molecule has 29 heavy (non-hydrogen) atoms. The number of aromatic carboxylic acids is 1. The third-order valence-corrected chi connectivity index (χ3v) is 7.41. The van der Waals surface area contributed by atoms with Gasteiger partial charge in [0.2, 0.25) is 0 Å². The summed E-state index contributed by atoms with van der Waals surface area (Å²) in [6, 6.07) is 12.3. The second-order valence-electron chi connectivity index (χ2n) is 8.00. The van der Waals surface area contributed by atoms with Crippen LogP contribution in [0.25, 0.3) is 10.9 Å². The van der Waals surface area contributed by atoms with Crippen molar-refractivity contribution in [3.8, 4) is 0 Å². The number of aromatic nitrogens is 1. The molecule has 8 heteroatoms. The normalized spacial score (nSPS) is 11.9. The molecule has 1 heterocycles. The van der Waals surface area contributed by atoms with Crippen LogP contribution in [0.3, 0.4) is 0 Å². The number of carbonyl (C=O) groups is 1. The third kappa shape index (κ3) is 5.63. The maximum absolute atomic E-state index is 13.2. The van der Waals surface area contributed by atoms with Crippen molar-refractivity contribution in [3.05, 3.63) is 59.0 Å². The minimum Gasteiger partial charge on any atom is -0.477 e. The molecule has 3 rings (SSSR count). The summed E-state index contributed by atoms with van der Waals surface area (Å²) >= 11 is 7.74. The van der Waals surface area contributed by atoms with Crippen molar-refractivity contribution in [2.45, 2.75) is 42.2 Å².